The number of ether oxygens (including phenoxy) is 2. The number of hydrogen-bond donors (Lipinski definition) is 7. The molecule has 2 aliphatic rings. The predicted octanol–water partition coefficient (Wildman–Crippen LogP) is 1.17. The molecule has 0 radical (unpaired) electrons. The molecule has 4 aromatic rings. The van der Waals surface area contributed by atoms with Crippen LogP contribution in [0.4, 0.5) is 10.1 Å². The van der Waals surface area contributed by atoms with Gasteiger partial charge in [0.15, 0.2) is 21.2 Å². The van der Waals surface area contributed by atoms with Crippen molar-refractivity contribution in [3.05, 3.63) is 114 Å². The molecule has 8 atom stereocenters. The van der Waals surface area contributed by atoms with Crippen molar-refractivity contribution in [1.29, 1.82) is 0 Å². The van der Waals surface area contributed by atoms with Crippen molar-refractivity contribution in [1.82, 2.24) is 0 Å². The SMILES string of the molecule is O=C(O)C1O[C@@H](Oc2cc(-c3ccc(P(=O)(O)O)cc3)ccc2[C@@H]2[C@@H](S(=O)(=O)C[C@H](O)c3ccc(F)cc3)C(=O)N2c2ccccc2)C(O)[C@@H](O)C1O. The molecule has 2 fully saturated rings. The van der Waals surface area contributed by atoms with Crippen LogP contribution in [0.1, 0.15) is 23.3 Å². The highest BCUT2D eigenvalue weighted by Crippen LogP contribution is 2.48. The van der Waals surface area contributed by atoms with Crippen molar-refractivity contribution in [2.45, 2.75) is 48.1 Å². The molecule has 3 unspecified atom stereocenters. The zero-order chi connectivity index (χ0) is 38.4. The Hall–Kier alpha value is -4.55. The number of aliphatic hydroxyl groups is 4. The number of nitrogens with zero attached hydrogens (tertiary/aromatic N) is 1. The molecule has 4 aromatic carbocycles. The van der Waals surface area contributed by atoms with Gasteiger partial charge in [0.25, 0.3) is 0 Å². The van der Waals surface area contributed by atoms with Crippen LogP contribution in [-0.4, -0.2) is 97.3 Å². The lowest BCUT2D eigenvalue weighted by atomic mass is 9.90. The van der Waals surface area contributed by atoms with E-state index in [9.17, 15) is 62.3 Å². The van der Waals surface area contributed by atoms with E-state index in [4.69, 9.17) is 9.47 Å². The molecule has 280 valence electrons. The second-order valence-electron chi connectivity index (χ2n) is 12.5. The average molecular weight is 774 g/mol. The highest BCUT2D eigenvalue weighted by molar-refractivity contribution is 7.93. The third kappa shape index (κ3) is 7.62. The molecule has 2 aliphatic heterocycles. The number of aliphatic hydroxyl groups excluding tert-OH is 4. The maximum atomic E-state index is 14.0. The first-order valence-electron chi connectivity index (χ1n) is 15.9. The molecule has 18 heteroatoms. The van der Waals surface area contributed by atoms with Crippen LogP contribution < -0.4 is 14.9 Å². The molecule has 0 aromatic heterocycles. The highest BCUT2D eigenvalue weighted by atomic mass is 32.2. The second kappa shape index (κ2) is 14.7. The first-order valence-corrected chi connectivity index (χ1v) is 19.2. The number of β-lactam (4-membered cyclic amide) rings is 1. The van der Waals surface area contributed by atoms with E-state index in [-0.39, 0.29) is 27.9 Å². The summed E-state index contributed by atoms with van der Waals surface area (Å²) in [5, 5.41) is 49.9. The van der Waals surface area contributed by atoms with Crippen molar-refractivity contribution >= 4 is 40.3 Å². The van der Waals surface area contributed by atoms with Crippen molar-refractivity contribution in [3.63, 3.8) is 0 Å². The number of benzene rings is 4. The van der Waals surface area contributed by atoms with Crippen LogP contribution in [0.15, 0.2) is 97.1 Å². The Kier molecular flexibility index (Phi) is 10.6. The summed E-state index contributed by atoms with van der Waals surface area (Å²) < 4.78 is 64.6. The van der Waals surface area contributed by atoms with Gasteiger partial charge in [-0.15, -0.1) is 0 Å². The van der Waals surface area contributed by atoms with Gasteiger partial charge >= 0.3 is 13.6 Å². The molecule has 0 spiro atoms. The Labute approximate surface area is 301 Å². The molecule has 15 nitrogen and oxygen atoms in total. The van der Waals surface area contributed by atoms with Crippen LogP contribution in [0, 0.1) is 5.82 Å². The van der Waals surface area contributed by atoms with Crippen LogP contribution in [0.25, 0.3) is 11.1 Å². The Morgan fingerprint density at radius 2 is 1.51 bits per heavy atom. The molecular weight excluding hydrogens is 740 g/mol. The third-order valence-corrected chi connectivity index (χ3v) is 12.0. The van der Waals surface area contributed by atoms with Crippen LogP contribution in [0.3, 0.4) is 0 Å². The fraction of sp³-hybridized carbons (Fsp3) is 0.257. The standard InChI is InChI=1S/C35H33FNO14PS/c36-21-11-6-19(7-12-21)25(38)17-53(48,49)32-27(37(33(32)42)22-4-2-1-3-5-22)24-15-10-20(18-8-13-23(14-9-18)52(45,46)47)16-26(24)50-35-30(41)28(39)29(40)31(51-35)34(43)44/h1-16,25,27-32,35,38-41H,17H2,(H,43,44)(H2,45,46,47)/t25-,27+,28-,29?,30?,31?,32+,35+/m0/s1. The molecule has 2 heterocycles. The minimum atomic E-state index is -4.60. The molecule has 0 bridgehead atoms. The number of anilines is 1. The van der Waals surface area contributed by atoms with Gasteiger partial charge in [-0.3, -0.25) is 9.36 Å². The Morgan fingerprint density at radius 1 is 0.887 bits per heavy atom. The maximum Gasteiger partial charge on any atom is 0.356 e. The topological polar surface area (TPSA) is 249 Å². The van der Waals surface area contributed by atoms with E-state index < -0.39 is 89.0 Å². The molecule has 0 saturated carbocycles. The van der Waals surface area contributed by atoms with Gasteiger partial charge < -0.3 is 49.7 Å². The second-order valence-corrected chi connectivity index (χ2v) is 16.3. The molecular formula is C35H33FNO14PS. The van der Waals surface area contributed by atoms with E-state index in [1.54, 1.807) is 30.3 Å². The van der Waals surface area contributed by atoms with Crippen LogP contribution in [0.5, 0.6) is 5.75 Å². The summed E-state index contributed by atoms with van der Waals surface area (Å²) in [7, 11) is -9.14. The molecule has 0 aliphatic carbocycles. The van der Waals surface area contributed by atoms with E-state index in [0.29, 0.717) is 11.1 Å². The molecule has 7 N–H and O–H groups in total. The third-order valence-electron chi connectivity index (χ3n) is 9.04. The van der Waals surface area contributed by atoms with Crippen molar-refractivity contribution < 1.29 is 71.8 Å². The van der Waals surface area contributed by atoms with Gasteiger partial charge in [-0.1, -0.05) is 54.6 Å². The number of para-hydroxylation sites is 1. The number of hydrogen-bond acceptors (Lipinski definition) is 11. The van der Waals surface area contributed by atoms with Gasteiger partial charge in [0, 0.05) is 11.3 Å². The number of halogens is 1. The van der Waals surface area contributed by atoms with Crippen molar-refractivity contribution in [3.8, 4) is 16.9 Å². The maximum absolute atomic E-state index is 14.0. The summed E-state index contributed by atoms with van der Waals surface area (Å²) in [6.07, 6.45) is -11.8. The van der Waals surface area contributed by atoms with E-state index in [1.807, 2.05) is 0 Å². The summed E-state index contributed by atoms with van der Waals surface area (Å²) in [6.45, 7) is 0. The number of aliphatic carboxylic acids is 1. The predicted molar refractivity (Wildman–Crippen MR) is 184 cm³/mol. The van der Waals surface area contributed by atoms with Gasteiger partial charge in [0.2, 0.25) is 12.2 Å². The Morgan fingerprint density at radius 3 is 2.11 bits per heavy atom. The number of rotatable bonds is 11. The number of amides is 1. The monoisotopic (exact) mass is 773 g/mol. The highest BCUT2D eigenvalue weighted by Gasteiger charge is 2.57. The van der Waals surface area contributed by atoms with Crippen LogP contribution in [0.2, 0.25) is 0 Å². The van der Waals surface area contributed by atoms with E-state index >= 15 is 0 Å². The summed E-state index contributed by atoms with van der Waals surface area (Å²) in [6, 6.07) is 20.4. The van der Waals surface area contributed by atoms with Crippen molar-refractivity contribution in [2.24, 2.45) is 0 Å². The summed E-state index contributed by atoms with van der Waals surface area (Å²) in [4.78, 5) is 45.9. The first-order chi connectivity index (χ1) is 25.0. The van der Waals surface area contributed by atoms with Gasteiger partial charge in [-0.2, -0.15) is 0 Å². The fourth-order valence-corrected chi connectivity index (χ4v) is 8.74. The van der Waals surface area contributed by atoms with Gasteiger partial charge in [0.05, 0.1) is 23.2 Å². The minimum Gasteiger partial charge on any atom is -0.479 e. The number of carboxylic acid groups (broad SMARTS) is 1. The van der Waals surface area contributed by atoms with Crippen molar-refractivity contribution in [2.75, 3.05) is 10.7 Å². The fourth-order valence-electron chi connectivity index (χ4n) is 6.28. The summed E-state index contributed by atoms with van der Waals surface area (Å²) in [5.41, 5.74) is 1.03. The molecule has 2 saturated heterocycles. The molecule has 6 rings (SSSR count). The average Bonchev–Trinajstić information content (AvgIpc) is 3.10. The van der Waals surface area contributed by atoms with E-state index in [1.165, 1.54) is 59.5 Å². The van der Waals surface area contributed by atoms with E-state index in [2.05, 4.69) is 0 Å². The van der Waals surface area contributed by atoms with E-state index in [0.717, 1.165) is 12.1 Å². The van der Waals surface area contributed by atoms with Crippen LogP contribution in [-0.2, 0) is 28.7 Å². The van der Waals surface area contributed by atoms with Crippen LogP contribution >= 0.6 is 7.60 Å². The normalized spacial score (nSPS) is 25.4. The Bertz CT molecular complexity index is 2150. The Balaban J connectivity index is 1.46. The first kappa shape index (κ1) is 38.2. The number of sulfone groups is 1. The minimum absolute atomic E-state index is 0.00262. The van der Waals surface area contributed by atoms with Gasteiger partial charge in [-0.05, 0) is 59.2 Å². The number of carbonyl (C=O) groups excluding carboxylic acids is 1. The largest absolute Gasteiger partial charge is 0.479 e. The summed E-state index contributed by atoms with van der Waals surface area (Å²) in [5.74, 6) is -4.38. The zero-order valence-corrected chi connectivity index (χ0v) is 28.9. The lowest BCUT2D eigenvalue weighted by Crippen LogP contribution is -2.63. The van der Waals surface area contributed by atoms with Gasteiger partial charge in [0.1, 0.15) is 29.9 Å². The number of carbonyl (C=O) groups is 2. The molecule has 53 heavy (non-hydrogen) atoms. The zero-order valence-electron chi connectivity index (χ0n) is 27.2. The number of carboxylic acids is 1. The quantitative estimate of drug-likeness (QED) is 0.0836. The smallest absolute Gasteiger partial charge is 0.356 e. The summed E-state index contributed by atoms with van der Waals surface area (Å²) >= 11 is 0. The lowest BCUT2D eigenvalue weighted by Gasteiger charge is -2.47. The molecule has 1 amide bonds. The van der Waals surface area contributed by atoms with Gasteiger partial charge in [-0.25, -0.2) is 17.6 Å². The lowest BCUT2D eigenvalue weighted by molar-refractivity contribution is -0.271.